The molecule has 0 radical (unpaired) electrons. The van der Waals surface area contributed by atoms with Gasteiger partial charge in [-0.2, -0.15) is 0 Å². The Morgan fingerprint density at radius 1 is 1.30 bits per heavy atom. The quantitative estimate of drug-likeness (QED) is 0.711. The highest BCUT2D eigenvalue weighted by Crippen LogP contribution is 2.31. The van der Waals surface area contributed by atoms with Crippen LogP contribution in [0.5, 0.6) is 0 Å². The van der Waals surface area contributed by atoms with Gasteiger partial charge in [0.2, 0.25) is 3.79 Å². The Balaban J connectivity index is 1.67. The second-order valence-electron chi connectivity index (χ2n) is 5.61. The monoisotopic (exact) mass is 429 g/mol. The van der Waals surface area contributed by atoms with E-state index in [4.69, 9.17) is 44.3 Å². The number of nitrogens with one attached hydrogen (secondary N) is 1. The molecule has 1 saturated heterocycles. The predicted octanol–water partition coefficient (Wildman–Crippen LogP) is 4.70. The van der Waals surface area contributed by atoms with Gasteiger partial charge >= 0.3 is 12.2 Å². The number of aromatic nitrogens is 1. The van der Waals surface area contributed by atoms with Crippen LogP contribution in [0.3, 0.4) is 0 Å². The molecule has 1 atom stereocenters. The van der Waals surface area contributed by atoms with Gasteiger partial charge in [0.1, 0.15) is 18.5 Å². The van der Waals surface area contributed by atoms with E-state index in [9.17, 15) is 9.59 Å². The lowest BCUT2D eigenvalue weighted by molar-refractivity contribution is 0.142. The van der Waals surface area contributed by atoms with Crippen LogP contribution >= 0.6 is 34.8 Å². The number of amides is 2. The van der Waals surface area contributed by atoms with Gasteiger partial charge in [-0.3, -0.25) is 10.2 Å². The molecule has 2 aromatic rings. The highest BCUT2D eigenvalue weighted by molar-refractivity contribution is 6.67. The van der Waals surface area contributed by atoms with E-state index < -0.39 is 22.6 Å². The standard InChI is InChI=1S/C17H14Cl3N3O4/c18-17(19,20)10-26-15(24)22-14-8-12(6-7-21-14)23-9-13(27-16(23)25)11-4-2-1-3-5-11/h1-8,13H,9-10H2,(H,21,22,24). The SMILES string of the molecule is O=C(Nc1cc(N2CC(c3ccccc3)OC2=O)ccn1)OCC(Cl)(Cl)Cl. The Bertz CT molecular complexity index is 830. The summed E-state index contributed by atoms with van der Waals surface area (Å²) in [7, 11) is 0. The van der Waals surface area contributed by atoms with Gasteiger partial charge in [-0.05, 0) is 11.6 Å². The predicted molar refractivity (Wildman–Crippen MR) is 103 cm³/mol. The van der Waals surface area contributed by atoms with Crippen molar-refractivity contribution in [2.45, 2.75) is 9.90 Å². The molecule has 0 bridgehead atoms. The topological polar surface area (TPSA) is 80.8 Å². The number of hydrogen-bond acceptors (Lipinski definition) is 5. The van der Waals surface area contributed by atoms with E-state index in [1.54, 1.807) is 6.07 Å². The number of ether oxygens (including phenoxy) is 2. The molecule has 7 nitrogen and oxygen atoms in total. The van der Waals surface area contributed by atoms with Crippen molar-refractivity contribution in [3.63, 3.8) is 0 Å². The fourth-order valence-electron chi connectivity index (χ4n) is 2.46. The van der Waals surface area contributed by atoms with Gasteiger partial charge in [-0.15, -0.1) is 0 Å². The molecule has 1 N–H and O–H groups in total. The number of pyridine rings is 1. The molecular formula is C17H14Cl3N3O4. The summed E-state index contributed by atoms with van der Waals surface area (Å²) >= 11 is 16.6. The fourth-order valence-corrected chi connectivity index (χ4v) is 2.62. The summed E-state index contributed by atoms with van der Waals surface area (Å²) < 4.78 is 8.49. The lowest BCUT2D eigenvalue weighted by atomic mass is 10.1. The molecular weight excluding hydrogens is 417 g/mol. The van der Waals surface area contributed by atoms with Crippen LogP contribution in [0.4, 0.5) is 21.1 Å². The largest absolute Gasteiger partial charge is 0.445 e. The molecule has 142 valence electrons. The maximum Gasteiger partial charge on any atom is 0.415 e. The van der Waals surface area contributed by atoms with Gasteiger partial charge in [0.25, 0.3) is 0 Å². The van der Waals surface area contributed by atoms with Crippen molar-refractivity contribution in [2.75, 3.05) is 23.4 Å². The van der Waals surface area contributed by atoms with E-state index in [1.807, 2.05) is 30.3 Å². The normalized spacial score (nSPS) is 16.8. The van der Waals surface area contributed by atoms with E-state index >= 15 is 0 Å². The Hall–Kier alpha value is -2.22. The number of halogens is 3. The minimum absolute atomic E-state index is 0.178. The summed E-state index contributed by atoms with van der Waals surface area (Å²) in [5, 5.41) is 2.41. The molecule has 0 saturated carbocycles. The zero-order valence-electron chi connectivity index (χ0n) is 13.8. The molecule has 0 aliphatic carbocycles. The third-order valence-corrected chi connectivity index (χ3v) is 3.96. The van der Waals surface area contributed by atoms with E-state index in [2.05, 4.69) is 10.3 Å². The number of hydrogen-bond donors (Lipinski definition) is 1. The average molecular weight is 431 g/mol. The number of benzene rings is 1. The maximum absolute atomic E-state index is 12.2. The molecule has 1 aliphatic heterocycles. The molecule has 3 rings (SSSR count). The second-order valence-corrected chi connectivity index (χ2v) is 8.13. The van der Waals surface area contributed by atoms with Crippen LogP contribution in [0, 0.1) is 0 Å². The summed E-state index contributed by atoms with van der Waals surface area (Å²) in [5.74, 6) is 0.178. The van der Waals surface area contributed by atoms with Crippen LogP contribution in [0.2, 0.25) is 0 Å². The maximum atomic E-state index is 12.2. The number of carbonyl (C=O) groups excluding carboxylic acids is 2. The van der Waals surface area contributed by atoms with E-state index in [0.29, 0.717) is 12.2 Å². The van der Waals surface area contributed by atoms with Gasteiger partial charge in [0.15, 0.2) is 0 Å². The zero-order chi connectivity index (χ0) is 19.4. The van der Waals surface area contributed by atoms with Crippen LogP contribution in [-0.4, -0.2) is 34.1 Å². The highest BCUT2D eigenvalue weighted by Gasteiger charge is 2.33. The van der Waals surface area contributed by atoms with Crippen molar-refractivity contribution < 1.29 is 19.1 Å². The summed E-state index contributed by atoms with van der Waals surface area (Å²) in [4.78, 5) is 29.4. The summed E-state index contributed by atoms with van der Waals surface area (Å²) in [6, 6.07) is 12.6. The molecule has 1 aromatic carbocycles. The first kappa shape index (κ1) is 19.5. The van der Waals surface area contributed by atoms with Gasteiger partial charge in [0, 0.05) is 12.3 Å². The smallest absolute Gasteiger partial charge is 0.415 e. The molecule has 27 heavy (non-hydrogen) atoms. The van der Waals surface area contributed by atoms with Gasteiger partial charge in [-0.1, -0.05) is 65.1 Å². The number of carbonyl (C=O) groups is 2. The van der Waals surface area contributed by atoms with E-state index in [-0.39, 0.29) is 11.9 Å². The van der Waals surface area contributed by atoms with Crippen molar-refractivity contribution >= 4 is 58.5 Å². The molecule has 1 aromatic heterocycles. The number of cyclic esters (lactones) is 1. The molecule has 1 fully saturated rings. The van der Waals surface area contributed by atoms with Crippen LogP contribution in [0.25, 0.3) is 0 Å². The molecule has 1 unspecified atom stereocenters. The van der Waals surface area contributed by atoms with Crippen molar-refractivity contribution in [1.82, 2.24) is 4.98 Å². The number of rotatable bonds is 4. The average Bonchev–Trinajstić information content (AvgIpc) is 3.02. The molecule has 2 heterocycles. The van der Waals surface area contributed by atoms with E-state index in [1.165, 1.54) is 17.2 Å². The number of alkyl halides is 3. The van der Waals surface area contributed by atoms with Crippen molar-refractivity contribution in [1.29, 1.82) is 0 Å². The summed E-state index contributed by atoms with van der Waals surface area (Å²) in [5.41, 5.74) is 1.42. The van der Waals surface area contributed by atoms with Crippen molar-refractivity contribution in [2.24, 2.45) is 0 Å². The molecule has 10 heteroatoms. The Morgan fingerprint density at radius 2 is 2.04 bits per heavy atom. The Morgan fingerprint density at radius 3 is 2.74 bits per heavy atom. The van der Waals surface area contributed by atoms with Crippen molar-refractivity contribution in [3.05, 3.63) is 54.2 Å². The summed E-state index contributed by atoms with van der Waals surface area (Å²) in [6.07, 6.45) is -0.252. The Labute approximate surface area is 170 Å². The third-order valence-electron chi connectivity index (χ3n) is 3.64. The molecule has 0 spiro atoms. The van der Waals surface area contributed by atoms with Crippen molar-refractivity contribution in [3.8, 4) is 0 Å². The van der Waals surface area contributed by atoms with Crippen LogP contribution in [0.15, 0.2) is 48.7 Å². The fraction of sp³-hybridized carbons (Fsp3) is 0.235. The lowest BCUT2D eigenvalue weighted by Crippen LogP contribution is -2.24. The number of anilines is 2. The first-order valence-electron chi connectivity index (χ1n) is 7.81. The second kappa shape index (κ2) is 8.21. The van der Waals surface area contributed by atoms with Crippen LogP contribution in [-0.2, 0) is 9.47 Å². The van der Waals surface area contributed by atoms with Crippen LogP contribution < -0.4 is 10.2 Å². The molecule has 2 amide bonds. The zero-order valence-corrected chi connectivity index (χ0v) is 16.0. The van der Waals surface area contributed by atoms with Gasteiger partial charge in [-0.25, -0.2) is 14.6 Å². The first-order valence-corrected chi connectivity index (χ1v) is 8.95. The number of nitrogens with zero attached hydrogens (tertiary/aromatic N) is 2. The van der Waals surface area contributed by atoms with E-state index in [0.717, 1.165) is 5.56 Å². The molecule has 1 aliphatic rings. The lowest BCUT2D eigenvalue weighted by Gasteiger charge is -2.15. The van der Waals surface area contributed by atoms with Gasteiger partial charge < -0.3 is 9.47 Å². The third kappa shape index (κ3) is 5.38. The Kier molecular flexibility index (Phi) is 5.94. The minimum atomic E-state index is -1.71. The van der Waals surface area contributed by atoms with Gasteiger partial charge in [0.05, 0.1) is 12.2 Å². The highest BCUT2D eigenvalue weighted by atomic mass is 35.6. The first-order chi connectivity index (χ1) is 12.8. The minimum Gasteiger partial charge on any atom is -0.445 e. The van der Waals surface area contributed by atoms with Crippen LogP contribution in [0.1, 0.15) is 11.7 Å². The summed E-state index contributed by atoms with van der Waals surface area (Å²) in [6.45, 7) is -0.0790.